The number of halogens is 1. The Morgan fingerprint density at radius 3 is 2.77 bits per heavy atom. The minimum atomic E-state index is -1.18. The molecular formula is C15H18ClNO5. The van der Waals surface area contributed by atoms with Gasteiger partial charge in [-0.05, 0) is 37.0 Å². The van der Waals surface area contributed by atoms with E-state index in [1.54, 1.807) is 12.1 Å². The summed E-state index contributed by atoms with van der Waals surface area (Å²) >= 11 is 6.01. The van der Waals surface area contributed by atoms with Crippen LogP contribution in [0.25, 0.3) is 0 Å². The topological polar surface area (TPSA) is 84.9 Å². The third kappa shape index (κ3) is 3.90. The molecule has 0 radical (unpaired) electrons. The number of carbonyl (C=O) groups excluding carboxylic acids is 1. The Kier molecular flexibility index (Phi) is 5.63. The summed E-state index contributed by atoms with van der Waals surface area (Å²) < 4.78 is 10.4. The van der Waals surface area contributed by atoms with Gasteiger partial charge < -0.3 is 19.9 Å². The molecule has 2 atom stereocenters. The van der Waals surface area contributed by atoms with Gasteiger partial charge in [-0.15, -0.1) is 0 Å². The van der Waals surface area contributed by atoms with Crippen molar-refractivity contribution in [3.8, 4) is 5.75 Å². The molecule has 1 aromatic rings. The van der Waals surface area contributed by atoms with E-state index in [0.29, 0.717) is 24.3 Å². The van der Waals surface area contributed by atoms with Crippen molar-refractivity contribution >= 4 is 23.5 Å². The molecule has 1 aromatic carbocycles. The third-order valence-electron chi connectivity index (χ3n) is 3.51. The molecular weight excluding hydrogens is 310 g/mol. The lowest BCUT2D eigenvalue weighted by molar-refractivity contribution is -0.145. The van der Waals surface area contributed by atoms with Gasteiger partial charge in [-0.1, -0.05) is 17.7 Å². The Hall–Kier alpha value is -1.79. The predicted molar refractivity (Wildman–Crippen MR) is 80.1 cm³/mol. The first-order chi connectivity index (χ1) is 10.5. The van der Waals surface area contributed by atoms with Crippen LogP contribution in [0.15, 0.2) is 18.2 Å². The molecule has 22 heavy (non-hydrogen) atoms. The fraction of sp³-hybridized carbons (Fsp3) is 0.467. The zero-order valence-electron chi connectivity index (χ0n) is 12.2. The van der Waals surface area contributed by atoms with Crippen molar-refractivity contribution < 1.29 is 24.2 Å². The molecule has 0 aliphatic carbocycles. The highest BCUT2D eigenvalue weighted by molar-refractivity contribution is 6.32. The molecule has 120 valence electrons. The van der Waals surface area contributed by atoms with Crippen LogP contribution in [0.1, 0.15) is 30.9 Å². The molecule has 2 rings (SSSR count). The van der Waals surface area contributed by atoms with Gasteiger partial charge in [0.25, 0.3) is 0 Å². The lowest BCUT2D eigenvalue weighted by Crippen LogP contribution is -2.42. The third-order valence-corrected chi connectivity index (χ3v) is 3.81. The van der Waals surface area contributed by atoms with Gasteiger partial charge in [0.05, 0.1) is 12.1 Å². The van der Waals surface area contributed by atoms with E-state index in [2.05, 4.69) is 5.32 Å². The average molecular weight is 328 g/mol. The minimum absolute atomic E-state index is 0.286. The maximum atomic E-state index is 12.1. The number of rotatable bonds is 5. The minimum Gasteiger partial charge on any atom is -0.495 e. The van der Waals surface area contributed by atoms with Crippen LogP contribution in [-0.2, 0) is 14.3 Å². The molecule has 1 heterocycles. The van der Waals surface area contributed by atoms with E-state index in [0.717, 1.165) is 12.8 Å². The number of carboxylic acids is 1. The van der Waals surface area contributed by atoms with Gasteiger partial charge in [0.15, 0.2) is 6.04 Å². The molecule has 1 fully saturated rings. The zero-order chi connectivity index (χ0) is 16.1. The second kappa shape index (κ2) is 7.47. The second-order valence-electron chi connectivity index (χ2n) is 5.03. The van der Waals surface area contributed by atoms with E-state index in [1.807, 2.05) is 0 Å². The van der Waals surface area contributed by atoms with Gasteiger partial charge in [-0.3, -0.25) is 4.79 Å². The van der Waals surface area contributed by atoms with Crippen LogP contribution in [0.2, 0.25) is 5.02 Å². The zero-order valence-corrected chi connectivity index (χ0v) is 12.9. The number of hydrogen-bond acceptors (Lipinski definition) is 4. The summed E-state index contributed by atoms with van der Waals surface area (Å²) in [7, 11) is 1.47. The first-order valence-corrected chi connectivity index (χ1v) is 7.39. The van der Waals surface area contributed by atoms with E-state index >= 15 is 0 Å². The molecule has 0 aromatic heterocycles. The van der Waals surface area contributed by atoms with Crippen molar-refractivity contribution in [3.05, 3.63) is 28.8 Å². The Labute approximate surface area is 133 Å². The molecule has 1 saturated heterocycles. The smallest absolute Gasteiger partial charge is 0.330 e. The molecule has 2 unspecified atom stereocenters. The number of methoxy groups -OCH3 is 1. The Bertz CT molecular complexity index is 557. The normalized spacial score (nSPS) is 19.3. The van der Waals surface area contributed by atoms with Crippen molar-refractivity contribution in [3.63, 3.8) is 0 Å². The summed E-state index contributed by atoms with van der Waals surface area (Å²) in [5, 5.41) is 12.2. The highest BCUT2D eigenvalue weighted by Gasteiger charge is 2.28. The molecule has 0 bridgehead atoms. The monoisotopic (exact) mass is 327 g/mol. The summed E-state index contributed by atoms with van der Waals surface area (Å²) in [6.07, 6.45) is 1.82. The first kappa shape index (κ1) is 16.6. The predicted octanol–water partition coefficient (Wildman–Crippen LogP) is 2.16. The molecule has 2 N–H and O–H groups in total. The fourth-order valence-electron chi connectivity index (χ4n) is 2.33. The quantitative estimate of drug-likeness (QED) is 0.865. The summed E-state index contributed by atoms with van der Waals surface area (Å²) in [6.45, 7) is 0.518. The van der Waals surface area contributed by atoms with Gasteiger partial charge in [-0.25, -0.2) is 4.79 Å². The van der Waals surface area contributed by atoms with Crippen molar-refractivity contribution in [2.75, 3.05) is 13.7 Å². The number of amides is 1. The van der Waals surface area contributed by atoms with E-state index in [1.165, 1.54) is 13.2 Å². The summed E-state index contributed by atoms with van der Waals surface area (Å²) in [6, 6.07) is 3.42. The van der Waals surface area contributed by atoms with Gasteiger partial charge in [0.2, 0.25) is 5.91 Å². The number of carboxylic acid groups (broad SMARTS) is 1. The highest BCUT2D eigenvalue weighted by Crippen LogP contribution is 2.28. The van der Waals surface area contributed by atoms with Crippen LogP contribution >= 0.6 is 11.6 Å². The van der Waals surface area contributed by atoms with Crippen LogP contribution in [0.4, 0.5) is 0 Å². The molecule has 1 amide bonds. The molecule has 7 heteroatoms. The van der Waals surface area contributed by atoms with Crippen molar-refractivity contribution in [1.29, 1.82) is 0 Å². The van der Waals surface area contributed by atoms with E-state index < -0.39 is 24.0 Å². The van der Waals surface area contributed by atoms with Gasteiger partial charge in [0, 0.05) is 6.61 Å². The number of nitrogens with one attached hydrogen (secondary N) is 1. The van der Waals surface area contributed by atoms with Gasteiger partial charge >= 0.3 is 5.97 Å². The lowest BCUT2D eigenvalue weighted by atomic mass is 10.0. The molecule has 1 aliphatic rings. The SMILES string of the molecule is COc1ccc(C(NC(=O)C2CCCCO2)C(=O)O)cc1Cl. The summed E-state index contributed by atoms with van der Waals surface area (Å²) in [5.41, 5.74) is 0.377. The number of benzene rings is 1. The molecule has 1 aliphatic heterocycles. The Morgan fingerprint density at radius 2 is 2.23 bits per heavy atom. The van der Waals surface area contributed by atoms with E-state index in [-0.39, 0.29) is 5.02 Å². The highest BCUT2D eigenvalue weighted by atomic mass is 35.5. The summed E-state index contributed by atoms with van der Waals surface area (Å²) in [4.78, 5) is 23.6. The van der Waals surface area contributed by atoms with Crippen LogP contribution in [-0.4, -0.2) is 36.8 Å². The van der Waals surface area contributed by atoms with Crippen molar-refractivity contribution in [2.24, 2.45) is 0 Å². The first-order valence-electron chi connectivity index (χ1n) is 7.01. The lowest BCUT2D eigenvalue weighted by Gasteiger charge is -2.24. The largest absolute Gasteiger partial charge is 0.495 e. The number of hydrogen-bond donors (Lipinski definition) is 2. The number of aliphatic carboxylic acids is 1. The molecule has 0 saturated carbocycles. The van der Waals surface area contributed by atoms with Gasteiger partial charge in [0.1, 0.15) is 11.9 Å². The molecule has 6 nitrogen and oxygen atoms in total. The fourth-order valence-corrected chi connectivity index (χ4v) is 2.60. The van der Waals surface area contributed by atoms with Crippen LogP contribution in [0.3, 0.4) is 0 Å². The standard InChI is InChI=1S/C15H18ClNO5/c1-21-11-6-5-9(8-10(11)16)13(15(19)20)17-14(18)12-4-2-3-7-22-12/h5-6,8,12-13H,2-4,7H2,1H3,(H,17,18)(H,19,20). The summed E-state index contributed by atoms with van der Waals surface area (Å²) in [5.74, 6) is -1.14. The number of ether oxygens (including phenoxy) is 2. The van der Waals surface area contributed by atoms with Crippen LogP contribution in [0, 0.1) is 0 Å². The van der Waals surface area contributed by atoms with Crippen molar-refractivity contribution in [1.82, 2.24) is 5.32 Å². The Morgan fingerprint density at radius 1 is 1.45 bits per heavy atom. The maximum Gasteiger partial charge on any atom is 0.330 e. The maximum absolute atomic E-state index is 12.1. The molecule has 0 spiro atoms. The van der Waals surface area contributed by atoms with E-state index in [4.69, 9.17) is 21.1 Å². The van der Waals surface area contributed by atoms with Crippen LogP contribution < -0.4 is 10.1 Å². The van der Waals surface area contributed by atoms with E-state index in [9.17, 15) is 14.7 Å². The Balaban J connectivity index is 2.14. The van der Waals surface area contributed by atoms with Gasteiger partial charge in [-0.2, -0.15) is 0 Å². The van der Waals surface area contributed by atoms with Crippen molar-refractivity contribution in [2.45, 2.75) is 31.4 Å². The second-order valence-corrected chi connectivity index (χ2v) is 5.44. The average Bonchev–Trinajstić information content (AvgIpc) is 2.52. The number of carbonyl (C=O) groups is 2. The van der Waals surface area contributed by atoms with Crippen LogP contribution in [0.5, 0.6) is 5.75 Å².